The van der Waals surface area contributed by atoms with Crippen LogP contribution < -0.4 is 5.32 Å². The number of pyridine rings is 1. The predicted octanol–water partition coefficient (Wildman–Crippen LogP) is 4.37. The fourth-order valence-corrected chi connectivity index (χ4v) is 3.05. The molecule has 2 aromatic rings. The van der Waals surface area contributed by atoms with Crippen molar-refractivity contribution >= 4 is 34.6 Å². The summed E-state index contributed by atoms with van der Waals surface area (Å²) >= 11 is 11.9. The Labute approximate surface area is 160 Å². The minimum Gasteiger partial charge on any atom is -0.341 e. The summed E-state index contributed by atoms with van der Waals surface area (Å²) in [4.78, 5) is 8.57. The lowest BCUT2D eigenvalue weighted by Crippen LogP contribution is -2.41. The minimum absolute atomic E-state index is 0.119. The van der Waals surface area contributed by atoms with Gasteiger partial charge in [0.2, 0.25) is 0 Å². The van der Waals surface area contributed by atoms with E-state index in [1.165, 1.54) is 0 Å². The molecule has 0 aliphatic carbocycles. The van der Waals surface area contributed by atoms with Crippen molar-refractivity contribution in [2.24, 2.45) is 0 Å². The van der Waals surface area contributed by atoms with Crippen molar-refractivity contribution in [3.63, 3.8) is 0 Å². The zero-order valence-electron chi connectivity index (χ0n) is 15.2. The summed E-state index contributed by atoms with van der Waals surface area (Å²) in [5, 5.41) is 4.77. The zero-order chi connectivity index (χ0) is 18.4. The molecule has 1 N–H and O–H groups in total. The Balaban J connectivity index is 2.21. The van der Waals surface area contributed by atoms with Crippen molar-refractivity contribution in [1.82, 2.24) is 14.8 Å². The zero-order valence-corrected chi connectivity index (χ0v) is 16.7. The van der Waals surface area contributed by atoms with E-state index in [-0.39, 0.29) is 6.04 Å². The largest absolute Gasteiger partial charge is 0.341 e. The number of halogens is 1. The third kappa shape index (κ3) is 5.39. The number of likely N-dealkylation sites (N-methyl/N-ethyl adjacent to an activating group) is 1. The summed E-state index contributed by atoms with van der Waals surface area (Å²) in [6.45, 7) is 5.85. The van der Waals surface area contributed by atoms with Crippen LogP contribution >= 0.6 is 23.8 Å². The van der Waals surface area contributed by atoms with Crippen molar-refractivity contribution in [1.29, 1.82) is 0 Å². The first-order valence-electron chi connectivity index (χ1n) is 8.27. The quantitative estimate of drug-likeness (QED) is 0.757. The molecule has 0 spiro atoms. The molecule has 1 aromatic carbocycles. The Kier molecular flexibility index (Phi) is 7.17. The molecule has 0 saturated carbocycles. The van der Waals surface area contributed by atoms with Gasteiger partial charge in [0.15, 0.2) is 5.11 Å². The number of benzene rings is 1. The molecule has 134 valence electrons. The molecule has 0 radical (unpaired) electrons. The van der Waals surface area contributed by atoms with E-state index < -0.39 is 0 Å². The SMILES string of the molecule is Cc1c(Cl)cccc1NC(=S)N(CCN(C)C)[C@H](C)c1cccnc1. The van der Waals surface area contributed by atoms with Gasteiger partial charge in [0.05, 0.1) is 6.04 Å². The van der Waals surface area contributed by atoms with Crippen LogP contribution in [-0.2, 0) is 0 Å². The second-order valence-corrected chi connectivity index (χ2v) is 7.10. The molecule has 0 aliphatic heterocycles. The number of rotatable bonds is 6. The molecule has 0 bridgehead atoms. The Hall–Kier alpha value is -1.69. The van der Waals surface area contributed by atoms with Crippen molar-refractivity contribution in [2.45, 2.75) is 19.9 Å². The lowest BCUT2D eigenvalue weighted by atomic mass is 10.1. The maximum atomic E-state index is 6.23. The highest BCUT2D eigenvalue weighted by Crippen LogP contribution is 2.25. The standard InChI is InChI=1S/C19H25ClN4S/c1-14-17(20)8-5-9-18(14)22-19(25)24(12-11-23(3)4)15(2)16-7-6-10-21-13-16/h5-10,13,15H,11-12H2,1-4H3,(H,22,25)/t15-/m1/s1. The highest BCUT2D eigenvalue weighted by molar-refractivity contribution is 7.80. The summed E-state index contributed by atoms with van der Waals surface area (Å²) in [5.41, 5.74) is 3.06. The van der Waals surface area contributed by atoms with Crippen LogP contribution in [0.25, 0.3) is 0 Å². The Morgan fingerprint density at radius 1 is 1.24 bits per heavy atom. The molecule has 4 nitrogen and oxygen atoms in total. The maximum absolute atomic E-state index is 6.23. The van der Waals surface area contributed by atoms with Gasteiger partial charge in [-0.3, -0.25) is 4.98 Å². The molecule has 0 aliphatic rings. The van der Waals surface area contributed by atoms with Crippen LogP contribution in [0.3, 0.4) is 0 Å². The first-order chi connectivity index (χ1) is 11.9. The van der Waals surface area contributed by atoms with Gasteiger partial charge in [0.25, 0.3) is 0 Å². The lowest BCUT2D eigenvalue weighted by molar-refractivity contribution is 0.289. The minimum atomic E-state index is 0.119. The number of anilines is 1. The van der Waals surface area contributed by atoms with Gasteiger partial charge in [-0.15, -0.1) is 0 Å². The average Bonchev–Trinajstić information content (AvgIpc) is 2.59. The Morgan fingerprint density at radius 2 is 2.00 bits per heavy atom. The van der Waals surface area contributed by atoms with Gasteiger partial charge in [-0.05, 0) is 69.5 Å². The average molecular weight is 377 g/mol. The van der Waals surface area contributed by atoms with Crippen LogP contribution in [0.15, 0.2) is 42.7 Å². The van der Waals surface area contributed by atoms with E-state index in [0.29, 0.717) is 5.11 Å². The summed E-state index contributed by atoms with van der Waals surface area (Å²) in [6, 6.07) is 9.95. The molecule has 0 saturated heterocycles. The van der Waals surface area contributed by atoms with E-state index in [1.54, 1.807) is 6.20 Å². The topological polar surface area (TPSA) is 31.4 Å². The molecule has 6 heteroatoms. The fraction of sp³-hybridized carbons (Fsp3) is 0.368. The van der Waals surface area contributed by atoms with E-state index >= 15 is 0 Å². The molecule has 0 amide bonds. The summed E-state index contributed by atoms with van der Waals surface area (Å²) < 4.78 is 0. The van der Waals surface area contributed by atoms with E-state index in [0.717, 1.165) is 34.9 Å². The smallest absolute Gasteiger partial charge is 0.173 e. The van der Waals surface area contributed by atoms with Crippen LogP contribution in [-0.4, -0.2) is 47.1 Å². The Morgan fingerprint density at radius 3 is 2.64 bits per heavy atom. The van der Waals surface area contributed by atoms with Gasteiger partial charge >= 0.3 is 0 Å². The van der Waals surface area contributed by atoms with Gasteiger partial charge in [-0.1, -0.05) is 23.7 Å². The molecule has 2 rings (SSSR count). The van der Waals surface area contributed by atoms with E-state index in [9.17, 15) is 0 Å². The van der Waals surface area contributed by atoms with Crippen LogP contribution in [0.4, 0.5) is 5.69 Å². The molecule has 0 unspecified atom stereocenters. The first kappa shape index (κ1) is 19.6. The van der Waals surface area contributed by atoms with E-state index in [1.807, 2.05) is 37.4 Å². The van der Waals surface area contributed by atoms with E-state index in [2.05, 4.69) is 47.2 Å². The van der Waals surface area contributed by atoms with Crippen LogP contribution in [0.1, 0.15) is 24.1 Å². The maximum Gasteiger partial charge on any atom is 0.173 e. The Bertz CT molecular complexity index is 706. The highest BCUT2D eigenvalue weighted by atomic mass is 35.5. The normalized spacial score (nSPS) is 12.1. The van der Waals surface area contributed by atoms with Crippen LogP contribution in [0.2, 0.25) is 5.02 Å². The number of aromatic nitrogens is 1. The first-order valence-corrected chi connectivity index (χ1v) is 9.06. The molecule has 1 atom stereocenters. The molecule has 0 fully saturated rings. The molecular weight excluding hydrogens is 352 g/mol. The second kappa shape index (κ2) is 9.13. The molecule has 1 aromatic heterocycles. The number of hydrogen-bond acceptors (Lipinski definition) is 3. The monoisotopic (exact) mass is 376 g/mol. The summed E-state index contributed by atoms with van der Waals surface area (Å²) in [6.07, 6.45) is 3.67. The number of nitrogens with zero attached hydrogens (tertiary/aromatic N) is 3. The van der Waals surface area contributed by atoms with Crippen molar-refractivity contribution in [2.75, 3.05) is 32.5 Å². The third-order valence-corrected chi connectivity index (χ3v) is 4.94. The van der Waals surface area contributed by atoms with Crippen LogP contribution in [0.5, 0.6) is 0 Å². The third-order valence-electron chi connectivity index (χ3n) is 4.19. The number of nitrogens with one attached hydrogen (secondary N) is 1. The van der Waals surface area contributed by atoms with Gasteiger partial charge in [-0.25, -0.2) is 0 Å². The van der Waals surface area contributed by atoms with Gasteiger partial charge in [0.1, 0.15) is 0 Å². The molecule has 25 heavy (non-hydrogen) atoms. The van der Waals surface area contributed by atoms with Crippen molar-refractivity contribution in [3.05, 3.63) is 58.9 Å². The van der Waals surface area contributed by atoms with Gasteiger partial charge < -0.3 is 15.1 Å². The summed E-state index contributed by atoms with van der Waals surface area (Å²) in [7, 11) is 4.12. The second-order valence-electron chi connectivity index (χ2n) is 6.30. The lowest BCUT2D eigenvalue weighted by Gasteiger charge is -2.33. The van der Waals surface area contributed by atoms with Gasteiger partial charge in [-0.2, -0.15) is 0 Å². The van der Waals surface area contributed by atoms with Crippen molar-refractivity contribution in [3.8, 4) is 0 Å². The van der Waals surface area contributed by atoms with Gasteiger partial charge in [0, 0.05) is 36.2 Å². The highest BCUT2D eigenvalue weighted by Gasteiger charge is 2.19. The number of thiocarbonyl (C=S) groups is 1. The summed E-state index contributed by atoms with van der Waals surface area (Å²) in [5.74, 6) is 0. The van der Waals surface area contributed by atoms with Crippen LogP contribution in [0, 0.1) is 6.92 Å². The number of hydrogen-bond donors (Lipinski definition) is 1. The molecular formula is C19H25ClN4S. The predicted molar refractivity (Wildman–Crippen MR) is 110 cm³/mol. The molecule has 1 heterocycles. The van der Waals surface area contributed by atoms with Crippen molar-refractivity contribution < 1.29 is 0 Å². The van der Waals surface area contributed by atoms with E-state index in [4.69, 9.17) is 23.8 Å². The fourth-order valence-electron chi connectivity index (χ4n) is 2.51.